The first-order valence-corrected chi connectivity index (χ1v) is 8.94. The molecule has 0 aliphatic carbocycles. The maximum Gasteiger partial charge on any atom is 0.303 e. The molecule has 28 heavy (non-hydrogen) atoms. The van der Waals surface area contributed by atoms with Crippen molar-refractivity contribution in [2.24, 2.45) is 0 Å². The summed E-state index contributed by atoms with van der Waals surface area (Å²) in [6, 6.07) is -1.05. The first-order valence-electron chi connectivity index (χ1n) is 8.40. The van der Waals surface area contributed by atoms with Crippen molar-refractivity contribution in [1.82, 2.24) is 5.32 Å². The van der Waals surface area contributed by atoms with E-state index in [9.17, 15) is 19.2 Å². The van der Waals surface area contributed by atoms with Crippen LogP contribution in [0, 0.1) is 0 Å². The number of carbonyl (C=O) groups is 4. The van der Waals surface area contributed by atoms with Crippen LogP contribution in [0.2, 0.25) is 0 Å². The minimum Gasteiger partial charge on any atom is -0.463 e. The molecule has 0 aromatic heterocycles. The van der Waals surface area contributed by atoms with Gasteiger partial charge in [-0.25, -0.2) is 0 Å². The third kappa shape index (κ3) is 7.45. The Labute approximate surface area is 167 Å². The standard InChI is InChI=1S/C17H24ClNO9/c1-5-6-24-17-14(19-13(23)7-18)16(27-11(4)22)15(26-10(3)21)12(28-17)8-25-9(2)20/h5,12,14-17H,1,6-8H2,2-4H3,(H,19,23)/t12-,14-,15-,16-,17-/m1/s1. The van der Waals surface area contributed by atoms with E-state index in [0.29, 0.717) is 0 Å². The lowest BCUT2D eigenvalue weighted by Crippen LogP contribution is -2.66. The van der Waals surface area contributed by atoms with Crippen molar-refractivity contribution in [3.63, 3.8) is 0 Å². The average Bonchev–Trinajstić information content (AvgIpc) is 2.61. The Kier molecular flexibility index (Phi) is 9.91. The molecule has 0 unspecified atom stereocenters. The number of alkyl halides is 1. The molecule has 0 bridgehead atoms. The maximum atomic E-state index is 11.9. The first-order chi connectivity index (χ1) is 13.2. The molecule has 1 fully saturated rings. The number of carbonyl (C=O) groups excluding carboxylic acids is 4. The number of halogens is 1. The molecule has 0 spiro atoms. The Balaban J connectivity index is 3.27. The molecule has 0 aromatic rings. The van der Waals surface area contributed by atoms with Gasteiger partial charge in [-0.1, -0.05) is 6.08 Å². The van der Waals surface area contributed by atoms with Gasteiger partial charge in [0.1, 0.15) is 24.6 Å². The molecule has 5 atom stereocenters. The van der Waals surface area contributed by atoms with Crippen LogP contribution in [0.4, 0.5) is 0 Å². The van der Waals surface area contributed by atoms with E-state index in [0.717, 1.165) is 13.8 Å². The molecule has 1 amide bonds. The van der Waals surface area contributed by atoms with Crippen LogP contribution >= 0.6 is 11.6 Å². The zero-order valence-corrected chi connectivity index (χ0v) is 16.6. The Morgan fingerprint density at radius 2 is 1.68 bits per heavy atom. The normalized spacial score (nSPS) is 26.6. The van der Waals surface area contributed by atoms with Crippen LogP contribution in [0.5, 0.6) is 0 Å². The molecule has 1 aliphatic rings. The molecular weight excluding hydrogens is 398 g/mol. The Hall–Kier alpha value is -2.17. The van der Waals surface area contributed by atoms with Gasteiger partial charge in [0.15, 0.2) is 18.5 Å². The van der Waals surface area contributed by atoms with Gasteiger partial charge < -0.3 is 29.0 Å². The fourth-order valence-electron chi connectivity index (χ4n) is 2.59. The summed E-state index contributed by atoms with van der Waals surface area (Å²) in [5.74, 6) is -2.92. The summed E-state index contributed by atoms with van der Waals surface area (Å²) in [7, 11) is 0. The highest BCUT2D eigenvalue weighted by atomic mass is 35.5. The van der Waals surface area contributed by atoms with Gasteiger partial charge >= 0.3 is 17.9 Å². The molecule has 0 aromatic carbocycles. The van der Waals surface area contributed by atoms with Crippen molar-refractivity contribution in [2.45, 2.75) is 51.4 Å². The van der Waals surface area contributed by atoms with Crippen molar-refractivity contribution in [3.05, 3.63) is 12.7 Å². The number of hydrogen-bond donors (Lipinski definition) is 1. The van der Waals surface area contributed by atoms with E-state index in [1.165, 1.54) is 13.0 Å². The monoisotopic (exact) mass is 421 g/mol. The summed E-state index contributed by atoms with van der Waals surface area (Å²) >= 11 is 5.55. The van der Waals surface area contributed by atoms with E-state index in [4.69, 9.17) is 35.3 Å². The van der Waals surface area contributed by atoms with Gasteiger partial charge in [-0.2, -0.15) is 0 Å². The average molecular weight is 422 g/mol. The number of esters is 3. The lowest BCUT2D eigenvalue weighted by Gasteiger charge is -2.44. The lowest BCUT2D eigenvalue weighted by molar-refractivity contribution is -0.275. The number of amides is 1. The van der Waals surface area contributed by atoms with Crippen LogP contribution in [0.3, 0.4) is 0 Å². The fourth-order valence-corrected chi connectivity index (χ4v) is 2.66. The van der Waals surface area contributed by atoms with Crippen molar-refractivity contribution in [2.75, 3.05) is 19.1 Å². The highest BCUT2D eigenvalue weighted by Gasteiger charge is 2.51. The second kappa shape index (κ2) is 11.6. The third-order valence-corrected chi connectivity index (χ3v) is 3.77. The lowest BCUT2D eigenvalue weighted by atomic mass is 9.96. The van der Waals surface area contributed by atoms with Crippen LogP contribution in [-0.4, -0.2) is 73.6 Å². The number of rotatable bonds is 9. The maximum absolute atomic E-state index is 11.9. The predicted molar refractivity (Wildman–Crippen MR) is 95.2 cm³/mol. The van der Waals surface area contributed by atoms with Crippen molar-refractivity contribution in [1.29, 1.82) is 0 Å². The van der Waals surface area contributed by atoms with Crippen LogP contribution in [0.25, 0.3) is 0 Å². The van der Waals surface area contributed by atoms with Gasteiger partial charge in [-0.15, -0.1) is 18.2 Å². The fraction of sp³-hybridized carbons (Fsp3) is 0.647. The van der Waals surface area contributed by atoms with Crippen molar-refractivity contribution in [3.8, 4) is 0 Å². The molecule has 1 aliphatic heterocycles. The van der Waals surface area contributed by atoms with Crippen LogP contribution in [0.15, 0.2) is 12.7 Å². The summed E-state index contributed by atoms with van der Waals surface area (Å²) in [6.07, 6.45) is -3.05. The zero-order chi connectivity index (χ0) is 21.3. The minimum absolute atomic E-state index is 0.0449. The topological polar surface area (TPSA) is 126 Å². The van der Waals surface area contributed by atoms with E-state index in [1.807, 2.05) is 0 Å². The number of ether oxygens (including phenoxy) is 5. The summed E-state index contributed by atoms with van der Waals surface area (Å²) in [5.41, 5.74) is 0. The summed E-state index contributed by atoms with van der Waals surface area (Å²) in [5, 5.41) is 2.54. The molecule has 1 N–H and O–H groups in total. The smallest absolute Gasteiger partial charge is 0.303 e. The zero-order valence-electron chi connectivity index (χ0n) is 15.8. The number of hydrogen-bond acceptors (Lipinski definition) is 9. The van der Waals surface area contributed by atoms with E-state index >= 15 is 0 Å². The minimum atomic E-state index is -1.18. The highest BCUT2D eigenvalue weighted by Crippen LogP contribution is 2.28. The van der Waals surface area contributed by atoms with Gasteiger partial charge in [0.05, 0.1) is 6.61 Å². The van der Waals surface area contributed by atoms with E-state index < -0.39 is 54.5 Å². The Morgan fingerprint density at radius 1 is 1.07 bits per heavy atom. The molecule has 1 rings (SSSR count). The summed E-state index contributed by atoms with van der Waals surface area (Å²) < 4.78 is 26.8. The molecule has 0 saturated carbocycles. The molecular formula is C17H24ClNO9. The van der Waals surface area contributed by atoms with E-state index in [1.54, 1.807) is 0 Å². The SMILES string of the molecule is C=CCO[C@@H]1O[C@H](COC(C)=O)[C@@H](OC(C)=O)[C@H](OC(C)=O)[C@H]1NC(=O)CCl. The van der Waals surface area contributed by atoms with Gasteiger partial charge in [-0.3, -0.25) is 19.2 Å². The Morgan fingerprint density at radius 3 is 2.18 bits per heavy atom. The van der Waals surface area contributed by atoms with Crippen LogP contribution < -0.4 is 5.32 Å². The molecule has 11 heteroatoms. The molecule has 0 radical (unpaired) electrons. The highest BCUT2D eigenvalue weighted by molar-refractivity contribution is 6.27. The number of nitrogens with one attached hydrogen (secondary N) is 1. The van der Waals surface area contributed by atoms with E-state index in [2.05, 4.69) is 11.9 Å². The van der Waals surface area contributed by atoms with Gasteiger partial charge in [-0.05, 0) is 0 Å². The van der Waals surface area contributed by atoms with Crippen molar-refractivity contribution < 1.29 is 42.9 Å². The first kappa shape index (κ1) is 23.9. The summed E-state index contributed by atoms with van der Waals surface area (Å²) in [6.45, 7) is 6.79. The Bertz CT molecular complexity index is 597. The summed E-state index contributed by atoms with van der Waals surface area (Å²) in [4.78, 5) is 46.3. The van der Waals surface area contributed by atoms with Gasteiger partial charge in [0.25, 0.3) is 0 Å². The third-order valence-electron chi connectivity index (χ3n) is 3.53. The van der Waals surface area contributed by atoms with E-state index in [-0.39, 0.29) is 19.1 Å². The van der Waals surface area contributed by atoms with Crippen molar-refractivity contribution >= 4 is 35.4 Å². The predicted octanol–water partition coefficient (Wildman–Crippen LogP) is 0.0640. The molecule has 1 heterocycles. The van der Waals surface area contributed by atoms with Gasteiger partial charge in [0, 0.05) is 20.8 Å². The van der Waals surface area contributed by atoms with Crippen LogP contribution in [-0.2, 0) is 42.9 Å². The quantitative estimate of drug-likeness (QED) is 0.238. The molecule has 1 saturated heterocycles. The molecule has 10 nitrogen and oxygen atoms in total. The van der Waals surface area contributed by atoms with Crippen LogP contribution in [0.1, 0.15) is 20.8 Å². The second-order valence-electron chi connectivity index (χ2n) is 5.84. The van der Waals surface area contributed by atoms with Gasteiger partial charge in [0.2, 0.25) is 5.91 Å². The second-order valence-corrected chi connectivity index (χ2v) is 6.11. The largest absolute Gasteiger partial charge is 0.463 e. The molecule has 158 valence electrons.